The molecule has 2 aromatic rings. The first kappa shape index (κ1) is 60.6. The van der Waals surface area contributed by atoms with E-state index in [1.807, 2.05) is 57.8 Å². The molecule has 18 nitrogen and oxygen atoms in total. The SMILES string of the molecule is CC[C@H]1OC(=O)[C@H](C)[C@@H](O[C@H]2C[C@@](C)(OC)[C@@H](O)[C@H](C)O2)[C@H](C)[C@@H](O[C@H]2C[C@@H](N(C)CC/C(N)=C/N[C@H](CO)Cc3ccc(-c4ccc5c(c4)OCO5)cc3)C[C@@H](C)O2)[C@](C)(O)C[C@@H](C)CN(C)[C@H](C)[C@@H](O)[C@]1(C)O. The van der Waals surface area contributed by atoms with Crippen LogP contribution in [-0.4, -0.2) is 179 Å². The summed E-state index contributed by atoms with van der Waals surface area (Å²) in [6.45, 7) is 19.2. The number of ether oxygens (including phenoxy) is 8. The highest BCUT2D eigenvalue weighted by Gasteiger charge is 2.52. The van der Waals surface area contributed by atoms with Crippen LogP contribution in [0.15, 0.2) is 54.4 Å². The van der Waals surface area contributed by atoms with E-state index in [1.165, 1.54) is 14.0 Å². The van der Waals surface area contributed by atoms with Crippen LogP contribution in [0.4, 0.5) is 0 Å². The van der Waals surface area contributed by atoms with Crippen molar-refractivity contribution in [1.29, 1.82) is 0 Å². The van der Waals surface area contributed by atoms with Crippen molar-refractivity contribution in [2.75, 3.05) is 47.7 Å². The van der Waals surface area contributed by atoms with Crippen LogP contribution in [0.3, 0.4) is 0 Å². The molecule has 424 valence electrons. The lowest BCUT2D eigenvalue weighted by atomic mass is 9.77. The molecule has 75 heavy (non-hydrogen) atoms. The van der Waals surface area contributed by atoms with E-state index in [4.69, 9.17) is 43.6 Å². The van der Waals surface area contributed by atoms with Crippen molar-refractivity contribution in [2.24, 2.45) is 23.5 Å². The summed E-state index contributed by atoms with van der Waals surface area (Å²) in [5.74, 6) is -1.04. The maximum Gasteiger partial charge on any atom is 0.311 e. The van der Waals surface area contributed by atoms with E-state index in [0.29, 0.717) is 38.0 Å². The molecule has 2 aromatic carbocycles. The van der Waals surface area contributed by atoms with Crippen molar-refractivity contribution in [3.8, 4) is 22.6 Å². The van der Waals surface area contributed by atoms with Crippen LogP contribution >= 0.6 is 0 Å². The molecule has 0 unspecified atom stereocenters. The molecule has 0 radical (unpaired) electrons. The lowest BCUT2D eigenvalue weighted by Gasteiger charge is -2.48. The summed E-state index contributed by atoms with van der Waals surface area (Å²) in [4.78, 5) is 18.7. The van der Waals surface area contributed by atoms with Crippen LogP contribution in [0.25, 0.3) is 11.1 Å². The van der Waals surface area contributed by atoms with Gasteiger partial charge in [-0.2, -0.15) is 0 Å². The van der Waals surface area contributed by atoms with Crippen LogP contribution in [-0.2, 0) is 39.6 Å². The number of hydrogen-bond donors (Lipinski definition) is 7. The van der Waals surface area contributed by atoms with E-state index < -0.39 is 89.9 Å². The van der Waals surface area contributed by atoms with Crippen LogP contribution in [0.1, 0.15) is 113 Å². The number of cyclic esters (lactones) is 1. The molecule has 18 heteroatoms. The molecule has 0 spiro atoms. The highest BCUT2D eigenvalue weighted by Crippen LogP contribution is 2.41. The van der Waals surface area contributed by atoms with Gasteiger partial charge >= 0.3 is 5.97 Å². The Kier molecular flexibility index (Phi) is 20.9. The van der Waals surface area contributed by atoms with Crippen LogP contribution in [0.2, 0.25) is 0 Å². The number of carbonyl (C=O) groups excluding carboxylic acids is 1. The lowest BCUT2D eigenvalue weighted by Crippen LogP contribution is -2.59. The number of aliphatic hydroxyl groups is 5. The van der Waals surface area contributed by atoms with Gasteiger partial charge in [-0.05, 0) is 123 Å². The molecule has 4 heterocycles. The van der Waals surface area contributed by atoms with Gasteiger partial charge in [-0.1, -0.05) is 51.1 Å². The highest BCUT2D eigenvalue weighted by atomic mass is 16.7. The Hall–Kier alpha value is -3.63. The summed E-state index contributed by atoms with van der Waals surface area (Å²) in [6, 6.07) is 13.4. The summed E-state index contributed by atoms with van der Waals surface area (Å²) < 4.78 is 49.7. The molecular weight excluding hydrogens is 965 g/mol. The first-order valence-electron chi connectivity index (χ1n) is 27.2. The van der Waals surface area contributed by atoms with Crippen LogP contribution < -0.4 is 20.5 Å². The van der Waals surface area contributed by atoms with Crippen molar-refractivity contribution in [3.05, 3.63) is 59.9 Å². The number of likely N-dealkylation sites (N-methyl/N-ethyl adjacent to an activating group) is 1. The fourth-order valence-electron chi connectivity index (χ4n) is 11.8. The fourth-order valence-corrected chi connectivity index (χ4v) is 11.8. The first-order valence-corrected chi connectivity index (χ1v) is 27.2. The number of nitrogens with two attached hydrogens (primary N) is 1. The zero-order valence-corrected chi connectivity index (χ0v) is 46.9. The Morgan fingerprint density at radius 2 is 1.61 bits per heavy atom. The second-order valence-electron chi connectivity index (χ2n) is 23.1. The van der Waals surface area contributed by atoms with Gasteiger partial charge in [0.25, 0.3) is 0 Å². The average Bonchev–Trinajstić information content (AvgIpc) is 3.85. The Morgan fingerprint density at radius 3 is 2.28 bits per heavy atom. The molecule has 4 aliphatic heterocycles. The van der Waals surface area contributed by atoms with Crippen LogP contribution in [0, 0.1) is 17.8 Å². The Labute approximate surface area is 446 Å². The molecule has 18 atom stereocenters. The topological polar surface area (TPSA) is 237 Å². The van der Waals surface area contributed by atoms with Gasteiger partial charge in [0.2, 0.25) is 6.79 Å². The number of benzene rings is 2. The maximum atomic E-state index is 14.5. The molecule has 4 aliphatic rings. The maximum absolute atomic E-state index is 14.5. The van der Waals surface area contributed by atoms with Crippen molar-refractivity contribution in [3.63, 3.8) is 0 Å². The van der Waals surface area contributed by atoms with Crippen molar-refractivity contribution < 1.29 is 68.2 Å². The van der Waals surface area contributed by atoms with E-state index in [2.05, 4.69) is 41.5 Å². The predicted molar refractivity (Wildman–Crippen MR) is 284 cm³/mol. The molecular formula is C57H92N4O14. The first-order chi connectivity index (χ1) is 35.3. The second-order valence-corrected chi connectivity index (χ2v) is 23.1. The largest absolute Gasteiger partial charge is 0.459 e. The third-order valence-electron chi connectivity index (χ3n) is 16.6. The second kappa shape index (κ2) is 25.9. The number of aliphatic hydroxyl groups excluding tert-OH is 3. The van der Waals surface area contributed by atoms with Crippen LogP contribution in [0.5, 0.6) is 11.5 Å². The third-order valence-corrected chi connectivity index (χ3v) is 16.6. The van der Waals surface area contributed by atoms with E-state index >= 15 is 0 Å². The van der Waals surface area contributed by atoms with Crippen molar-refractivity contribution >= 4 is 5.97 Å². The standard InChI is InChI=1S/C57H92N4O14/c1-14-47-57(10,67)51(63)37(6)61(12)30-33(2)27-55(8,66)53(35(4)50(36(5)54(65)73-47)74-49-28-56(9,68-13)52(64)38(7)72-49)75-48-26-44(23-34(3)71-48)60(11)22-21-42(58)29-59-43(31-62)24-39-15-17-40(18-16-39)41-19-20-45-46(25-41)70-32-69-45/h15-20,25,29,33-38,43-44,47-53,59,62-64,66-67H,14,21-24,26-28,30-32,58H2,1-13H3/b42-29-/t33-,34-,35+,36-,37-,38+,43+,44+,47-,48+,49+,50+,51-,52+,53-,55-,56-,57-/m1/s1. The molecule has 0 amide bonds. The molecule has 0 bridgehead atoms. The summed E-state index contributed by atoms with van der Waals surface area (Å²) >= 11 is 0. The van der Waals surface area contributed by atoms with Gasteiger partial charge in [-0.25, -0.2) is 0 Å². The zero-order chi connectivity index (χ0) is 55.2. The van der Waals surface area contributed by atoms with E-state index in [9.17, 15) is 30.3 Å². The monoisotopic (exact) mass is 1060 g/mol. The average molecular weight is 1060 g/mol. The number of rotatable bonds is 16. The summed E-state index contributed by atoms with van der Waals surface area (Å²) in [5.41, 5.74) is 6.01. The van der Waals surface area contributed by atoms with Crippen molar-refractivity contribution in [1.82, 2.24) is 15.1 Å². The van der Waals surface area contributed by atoms with Gasteiger partial charge in [0.1, 0.15) is 23.9 Å². The quantitative estimate of drug-likeness (QED) is 0.109. The number of methoxy groups -OCH3 is 1. The lowest BCUT2D eigenvalue weighted by molar-refractivity contribution is -0.308. The zero-order valence-electron chi connectivity index (χ0n) is 46.9. The molecule has 0 aliphatic carbocycles. The fraction of sp³-hybridized carbons (Fsp3) is 0.737. The predicted octanol–water partition coefficient (Wildman–Crippen LogP) is 5.08. The molecule has 6 rings (SSSR count). The Balaban J connectivity index is 1.18. The highest BCUT2D eigenvalue weighted by molar-refractivity contribution is 5.73. The molecule has 8 N–H and O–H groups in total. The smallest absolute Gasteiger partial charge is 0.311 e. The number of carbonyl (C=O) groups is 1. The summed E-state index contributed by atoms with van der Waals surface area (Å²) in [7, 11) is 5.44. The Bertz CT molecular complexity index is 2160. The number of fused-ring (bicyclic) bond motifs is 1. The van der Waals surface area contributed by atoms with E-state index in [-0.39, 0.29) is 56.8 Å². The number of hydrogen-bond acceptors (Lipinski definition) is 18. The normalized spacial score (nSPS) is 38.1. The molecule has 0 saturated carbocycles. The van der Waals surface area contributed by atoms with Gasteiger partial charge in [-0.15, -0.1) is 0 Å². The minimum absolute atomic E-state index is 0.0170. The van der Waals surface area contributed by atoms with E-state index in [0.717, 1.165) is 34.6 Å². The molecule has 3 saturated heterocycles. The number of esters is 1. The van der Waals surface area contributed by atoms with Crippen molar-refractivity contribution in [2.45, 2.75) is 204 Å². The van der Waals surface area contributed by atoms with Gasteiger partial charge in [0.05, 0.1) is 54.2 Å². The number of nitrogens with one attached hydrogen (secondary N) is 1. The van der Waals surface area contributed by atoms with Gasteiger partial charge in [-0.3, -0.25) is 4.79 Å². The Morgan fingerprint density at radius 1 is 0.933 bits per heavy atom. The van der Waals surface area contributed by atoms with Gasteiger partial charge < -0.3 is 84.3 Å². The summed E-state index contributed by atoms with van der Waals surface area (Å²) in [5, 5.41) is 61.1. The van der Waals surface area contributed by atoms with Gasteiger partial charge in [0, 0.05) is 69.4 Å². The van der Waals surface area contributed by atoms with Gasteiger partial charge in [0.15, 0.2) is 24.1 Å². The molecule has 0 aromatic heterocycles. The number of nitrogens with zero attached hydrogens (tertiary/aromatic N) is 2. The third kappa shape index (κ3) is 14.9. The summed E-state index contributed by atoms with van der Waals surface area (Å²) in [6.07, 6.45) is -3.13. The molecule has 3 fully saturated rings. The minimum atomic E-state index is -1.81. The van der Waals surface area contributed by atoms with E-state index in [1.54, 1.807) is 40.8 Å². The minimum Gasteiger partial charge on any atom is -0.459 e.